The van der Waals surface area contributed by atoms with E-state index in [9.17, 15) is 9.36 Å². The molecule has 0 aliphatic heterocycles. The number of nitrogens with one attached hydrogen (secondary N) is 1. The summed E-state index contributed by atoms with van der Waals surface area (Å²) in [6.45, 7) is 2.24. The van der Waals surface area contributed by atoms with Gasteiger partial charge in [-0.2, -0.15) is 4.62 Å². The number of amides is 1. The Morgan fingerprint density at radius 2 is 1.29 bits per heavy atom. The van der Waals surface area contributed by atoms with Gasteiger partial charge in [-0.15, -0.1) is 4.67 Å². The molecule has 3 N–H and O–H groups in total. The Morgan fingerprint density at radius 3 is 1.71 bits per heavy atom. The second-order valence-corrected chi connectivity index (χ2v) is 7.44. The molecule has 144 valence electrons. The largest absolute Gasteiger partial charge is 0.520 e. The van der Waals surface area contributed by atoms with Crippen molar-refractivity contribution in [3.05, 3.63) is 0 Å². The normalized spacial score (nSPS) is 13.6. The summed E-state index contributed by atoms with van der Waals surface area (Å²) >= 11 is 0. The Labute approximate surface area is 145 Å². The van der Waals surface area contributed by atoms with Crippen LogP contribution < -0.4 is 5.48 Å². The lowest BCUT2D eigenvalue weighted by atomic mass is 10.0. The first-order chi connectivity index (χ1) is 11.5. The van der Waals surface area contributed by atoms with E-state index in [1.54, 1.807) is 5.48 Å². The zero-order valence-electron chi connectivity index (χ0n) is 14.9. The monoisotopic (exact) mass is 367 g/mol. The smallest absolute Gasteiger partial charge is 0.300 e. The lowest BCUT2D eigenvalue weighted by molar-refractivity contribution is -0.169. The van der Waals surface area contributed by atoms with Gasteiger partial charge in [0.05, 0.1) is 0 Å². The number of hydrogen-bond acceptors (Lipinski definition) is 5. The maximum Gasteiger partial charge on any atom is 0.520 e. The van der Waals surface area contributed by atoms with Gasteiger partial charge in [-0.25, -0.2) is 15.3 Å². The molecule has 0 aliphatic carbocycles. The molecule has 0 spiro atoms. The van der Waals surface area contributed by atoms with Crippen molar-refractivity contribution >= 4 is 13.7 Å². The maximum absolute atomic E-state index is 11.3. The van der Waals surface area contributed by atoms with Crippen LogP contribution in [0.3, 0.4) is 0 Å². The molecule has 0 aromatic rings. The summed E-state index contributed by atoms with van der Waals surface area (Å²) in [4.78, 5) is 20.0. The van der Waals surface area contributed by atoms with E-state index >= 15 is 0 Å². The highest BCUT2D eigenvalue weighted by atomic mass is 31.2. The van der Waals surface area contributed by atoms with Gasteiger partial charge in [0.1, 0.15) is 0 Å². The van der Waals surface area contributed by atoms with Crippen molar-refractivity contribution in [3.8, 4) is 0 Å². The van der Waals surface area contributed by atoms with Gasteiger partial charge in [-0.1, -0.05) is 84.0 Å². The van der Waals surface area contributed by atoms with E-state index in [0.29, 0.717) is 6.42 Å². The number of rotatable bonds is 17. The molecule has 1 unspecified atom stereocenters. The van der Waals surface area contributed by atoms with E-state index in [-0.39, 0.29) is 6.42 Å². The van der Waals surface area contributed by atoms with Crippen molar-refractivity contribution in [2.45, 2.75) is 96.8 Å². The average Bonchev–Trinajstić information content (AvgIpc) is 2.57. The van der Waals surface area contributed by atoms with Gasteiger partial charge >= 0.3 is 7.82 Å². The summed E-state index contributed by atoms with van der Waals surface area (Å²) in [7, 11) is -4.58. The first-order valence-corrected chi connectivity index (χ1v) is 10.6. The second-order valence-electron chi connectivity index (χ2n) is 6.16. The van der Waals surface area contributed by atoms with Gasteiger partial charge in [-0.05, 0) is 6.42 Å². The summed E-state index contributed by atoms with van der Waals surface area (Å²) < 4.78 is 18.0. The Balaban J connectivity index is 3.25. The van der Waals surface area contributed by atoms with Crippen molar-refractivity contribution in [1.82, 2.24) is 5.48 Å². The van der Waals surface area contributed by atoms with Gasteiger partial charge in [0.25, 0.3) is 0 Å². The average molecular weight is 367 g/mol. The number of hydroxylamine groups is 1. The standard InChI is InChI=1S/C16H34NO6P/c1-2-3-4-5-6-7-8-9-10-11-12-13-14-15-16(18)17-22-24(20,21)23-19/h19H,2-15H2,1H3,(H,17,18)(H,20,21). The van der Waals surface area contributed by atoms with Crippen molar-refractivity contribution in [2.75, 3.05) is 0 Å². The van der Waals surface area contributed by atoms with Gasteiger partial charge in [-0.3, -0.25) is 9.69 Å². The zero-order chi connectivity index (χ0) is 18.1. The summed E-state index contributed by atoms with van der Waals surface area (Å²) in [5.41, 5.74) is 1.78. The fraction of sp³-hybridized carbons (Fsp3) is 0.938. The summed E-state index contributed by atoms with van der Waals surface area (Å²) in [6, 6.07) is 0. The van der Waals surface area contributed by atoms with Crippen LogP contribution in [-0.2, 0) is 18.7 Å². The molecule has 0 saturated heterocycles. The minimum atomic E-state index is -4.58. The van der Waals surface area contributed by atoms with Crippen LogP contribution >= 0.6 is 7.82 Å². The topological polar surface area (TPSA) is 105 Å². The molecule has 1 amide bonds. The molecule has 0 heterocycles. The van der Waals surface area contributed by atoms with E-state index in [1.165, 1.54) is 64.2 Å². The van der Waals surface area contributed by atoms with Crippen molar-refractivity contribution < 1.29 is 28.8 Å². The number of phosphoric acid groups is 1. The zero-order valence-corrected chi connectivity index (χ0v) is 15.8. The van der Waals surface area contributed by atoms with E-state index in [4.69, 9.17) is 10.2 Å². The first-order valence-electron chi connectivity index (χ1n) is 9.15. The lowest BCUT2D eigenvalue weighted by Gasteiger charge is -2.07. The molecule has 7 nitrogen and oxygen atoms in total. The van der Waals surface area contributed by atoms with Crippen molar-refractivity contribution in [1.29, 1.82) is 0 Å². The van der Waals surface area contributed by atoms with E-state index < -0.39 is 13.7 Å². The minimum Gasteiger partial charge on any atom is -0.300 e. The SMILES string of the molecule is CCCCCCCCCCCCCCCC(=O)NOP(=O)(O)OO. The molecule has 0 aromatic heterocycles. The third-order valence-electron chi connectivity index (χ3n) is 3.89. The predicted octanol–water partition coefficient (Wildman–Crippen LogP) is 5.11. The number of unbranched alkanes of at least 4 members (excludes halogenated alkanes) is 12. The number of hydrogen-bond donors (Lipinski definition) is 3. The highest BCUT2D eigenvalue weighted by molar-refractivity contribution is 7.47. The van der Waals surface area contributed by atoms with E-state index in [1.807, 2.05) is 0 Å². The molecular formula is C16H34NO6P. The van der Waals surface area contributed by atoms with Gasteiger partial charge in [0.2, 0.25) is 5.91 Å². The molecule has 0 aromatic carbocycles. The van der Waals surface area contributed by atoms with Gasteiger partial charge < -0.3 is 0 Å². The van der Waals surface area contributed by atoms with Crippen molar-refractivity contribution in [2.24, 2.45) is 0 Å². The van der Waals surface area contributed by atoms with Crippen LogP contribution in [0.1, 0.15) is 96.8 Å². The van der Waals surface area contributed by atoms with Crippen LogP contribution in [-0.4, -0.2) is 16.1 Å². The summed E-state index contributed by atoms with van der Waals surface area (Å²) in [5.74, 6) is -0.510. The first kappa shape index (κ1) is 23.5. The van der Waals surface area contributed by atoms with Crippen LogP contribution in [0.4, 0.5) is 0 Å². The molecule has 0 rings (SSSR count). The van der Waals surface area contributed by atoms with Gasteiger partial charge in [0, 0.05) is 6.42 Å². The van der Waals surface area contributed by atoms with Crippen LogP contribution in [0.15, 0.2) is 0 Å². The highest BCUT2D eigenvalue weighted by Crippen LogP contribution is 2.40. The fourth-order valence-corrected chi connectivity index (χ4v) is 2.73. The molecule has 0 aliphatic rings. The second kappa shape index (κ2) is 16.0. The minimum absolute atomic E-state index is 0.211. The predicted molar refractivity (Wildman–Crippen MR) is 93.1 cm³/mol. The van der Waals surface area contributed by atoms with Crippen molar-refractivity contribution in [3.63, 3.8) is 0 Å². The third kappa shape index (κ3) is 16.4. The van der Waals surface area contributed by atoms with Crippen LogP contribution in [0.25, 0.3) is 0 Å². The molecule has 0 bridgehead atoms. The van der Waals surface area contributed by atoms with Crippen LogP contribution in [0.5, 0.6) is 0 Å². The Kier molecular flexibility index (Phi) is 15.7. The molecule has 24 heavy (non-hydrogen) atoms. The summed E-state index contributed by atoms with van der Waals surface area (Å²) in [6.07, 6.45) is 16.1. The molecule has 8 heteroatoms. The number of carbonyl (C=O) groups excluding carboxylic acids is 1. The highest BCUT2D eigenvalue weighted by Gasteiger charge is 2.22. The molecule has 0 fully saturated rings. The number of carbonyl (C=O) groups is 1. The molecular weight excluding hydrogens is 333 g/mol. The summed E-state index contributed by atoms with van der Waals surface area (Å²) in [5, 5.41) is 8.02. The molecule has 1 atom stereocenters. The molecule has 0 radical (unpaired) electrons. The van der Waals surface area contributed by atoms with E-state index in [0.717, 1.165) is 12.8 Å². The third-order valence-corrected chi connectivity index (χ3v) is 4.41. The molecule has 0 saturated carbocycles. The lowest BCUT2D eigenvalue weighted by Crippen LogP contribution is -2.22. The quantitative estimate of drug-likeness (QED) is 0.143. The fourth-order valence-electron chi connectivity index (χ4n) is 2.48. The van der Waals surface area contributed by atoms with Crippen LogP contribution in [0, 0.1) is 0 Å². The van der Waals surface area contributed by atoms with E-state index in [2.05, 4.69) is 16.2 Å². The maximum atomic E-state index is 11.3. The Hall–Kier alpha value is -0.460. The van der Waals surface area contributed by atoms with Crippen LogP contribution in [0.2, 0.25) is 0 Å². The van der Waals surface area contributed by atoms with Gasteiger partial charge in [0.15, 0.2) is 0 Å². The Morgan fingerprint density at radius 1 is 0.875 bits per heavy atom. The Bertz CT molecular complexity index is 353.